The fourth-order valence-corrected chi connectivity index (χ4v) is 6.27. The number of amides is 1. The fraction of sp³-hybridized carbons (Fsp3) is 0.381. The van der Waals surface area contributed by atoms with Gasteiger partial charge in [-0.15, -0.1) is 11.3 Å². The summed E-state index contributed by atoms with van der Waals surface area (Å²) in [6.07, 6.45) is 4.73. The molecule has 0 aliphatic heterocycles. The maximum Gasteiger partial charge on any atom is 0.275 e. The molecule has 1 aliphatic rings. The molecule has 1 N–H and O–H groups in total. The van der Waals surface area contributed by atoms with E-state index in [4.69, 9.17) is 0 Å². The Labute approximate surface area is 190 Å². The van der Waals surface area contributed by atoms with Gasteiger partial charge in [-0.2, -0.15) is 9.61 Å². The Balaban J connectivity index is 1.29. The molecule has 1 saturated carbocycles. The number of anilines is 1. The fourth-order valence-electron chi connectivity index (χ4n) is 3.18. The summed E-state index contributed by atoms with van der Waals surface area (Å²) in [5, 5.41) is 8.39. The first-order valence-electron chi connectivity index (χ1n) is 10.3. The van der Waals surface area contributed by atoms with E-state index in [1.165, 1.54) is 15.9 Å². The van der Waals surface area contributed by atoms with Crippen molar-refractivity contribution >= 4 is 61.2 Å². The van der Waals surface area contributed by atoms with Gasteiger partial charge < -0.3 is 5.32 Å². The van der Waals surface area contributed by atoms with Gasteiger partial charge in [-0.3, -0.25) is 9.59 Å². The van der Waals surface area contributed by atoms with Crippen molar-refractivity contribution in [2.75, 3.05) is 5.32 Å². The molecule has 4 aromatic rings. The molecule has 5 rings (SSSR count). The number of thioether (sulfide) groups is 1. The lowest BCUT2D eigenvalue weighted by Gasteiger charge is -2.04. The van der Waals surface area contributed by atoms with E-state index in [1.54, 1.807) is 29.2 Å². The third-order valence-corrected chi connectivity index (χ3v) is 8.26. The number of carbonyl (C=O) groups excluding carboxylic acids is 1. The maximum atomic E-state index is 12.4. The summed E-state index contributed by atoms with van der Waals surface area (Å²) in [6, 6.07) is 7.35. The van der Waals surface area contributed by atoms with E-state index in [0.717, 1.165) is 56.6 Å². The van der Waals surface area contributed by atoms with Crippen molar-refractivity contribution in [1.82, 2.24) is 19.6 Å². The van der Waals surface area contributed by atoms with E-state index >= 15 is 0 Å². The van der Waals surface area contributed by atoms with Crippen molar-refractivity contribution in [3.63, 3.8) is 0 Å². The average Bonchev–Trinajstić information content (AvgIpc) is 3.38. The molecule has 7 nitrogen and oxygen atoms in total. The molecule has 0 saturated heterocycles. The SMILES string of the molecule is CCCCC(=O)Nc1ccc2nc(SCc3cc(=O)n4nc(C5CC5)sc4n3)sc2c1. The number of nitrogens with zero attached hydrogens (tertiary/aromatic N) is 4. The quantitative estimate of drug-likeness (QED) is 0.361. The van der Waals surface area contributed by atoms with Gasteiger partial charge in [0.2, 0.25) is 10.9 Å². The number of fused-ring (bicyclic) bond motifs is 2. The van der Waals surface area contributed by atoms with Gasteiger partial charge in [0.25, 0.3) is 5.56 Å². The molecule has 0 spiro atoms. The Kier molecular flexibility index (Phi) is 5.77. The molecule has 160 valence electrons. The second-order valence-electron chi connectivity index (χ2n) is 7.60. The van der Waals surface area contributed by atoms with Gasteiger partial charge in [-0.1, -0.05) is 36.4 Å². The lowest BCUT2D eigenvalue weighted by Crippen LogP contribution is -2.15. The van der Waals surface area contributed by atoms with Crippen LogP contribution in [0.1, 0.15) is 55.6 Å². The van der Waals surface area contributed by atoms with Crippen molar-refractivity contribution in [3.05, 3.63) is 45.3 Å². The molecule has 3 heterocycles. The van der Waals surface area contributed by atoms with Crippen molar-refractivity contribution in [2.45, 2.75) is 55.0 Å². The lowest BCUT2D eigenvalue weighted by atomic mass is 10.2. The number of thiazole rings is 1. The van der Waals surface area contributed by atoms with Crippen molar-refractivity contribution in [2.24, 2.45) is 0 Å². The Morgan fingerprint density at radius 2 is 2.13 bits per heavy atom. The van der Waals surface area contributed by atoms with Crippen LogP contribution in [0, 0.1) is 0 Å². The summed E-state index contributed by atoms with van der Waals surface area (Å²) in [5.41, 5.74) is 2.31. The van der Waals surface area contributed by atoms with Crippen LogP contribution in [0.25, 0.3) is 15.2 Å². The van der Waals surface area contributed by atoms with E-state index in [9.17, 15) is 9.59 Å². The third kappa shape index (κ3) is 4.65. The zero-order valence-corrected chi connectivity index (χ0v) is 19.4. The summed E-state index contributed by atoms with van der Waals surface area (Å²) in [5.74, 6) is 1.12. The average molecular weight is 472 g/mol. The monoisotopic (exact) mass is 471 g/mol. The summed E-state index contributed by atoms with van der Waals surface area (Å²) in [4.78, 5) is 34.3. The summed E-state index contributed by atoms with van der Waals surface area (Å²) in [7, 11) is 0. The van der Waals surface area contributed by atoms with Crippen molar-refractivity contribution in [3.8, 4) is 0 Å². The number of nitrogens with one attached hydrogen (secondary N) is 1. The predicted octanol–water partition coefficient (Wildman–Crippen LogP) is 5.06. The van der Waals surface area contributed by atoms with Gasteiger partial charge in [0.15, 0.2) is 4.34 Å². The van der Waals surface area contributed by atoms with Crippen LogP contribution in [0.5, 0.6) is 0 Å². The molecule has 10 heteroatoms. The van der Waals surface area contributed by atoms with E-state index in [1.807, 2.05) is 18.2 Å². The molecule has 1 aliphatic carbocycles. The van der Waals surface area contributed by atoms with E-state index in [2.05, 4.69) is 27.3 Å². The van der Waals surface area contributed by atoms with Crippen molar-refractivity contribution < 1.29 is 4.79 Å². The molecule has 0 atom stereocenters. The molecular formula is C21H21N5O2S3. The molecule has 0 bridgehead atoms. The highest BCUT2D eigenvalue weighted by Gasteiger charge is 2.28. The molecule has 0 radical (unpaired) electrons. The highest BCUT2D eigenvalue weighted by molar-refractivity contribution is 8.00. The second kappa shape index (κ2) is 8.68. The van der Waals surface area contributed by atoms with Gasteiger partial charge in [0.1, 0.15) is 5.01 Å². The number of hydrogen-bond acceptors (Lipinski definition) is 8. The van der Waals surface area contributed by atoms with Crippen LogP contribution < -0.4 is 10.9 Å². The minimum atomic E-state index is -0.128. The van der Waals surface area contributed by atoms with Crippen LogP contribution >= 0.6 is 34.4 Å². The molecule has 1 fully saturated rings. The van der Waals surface area contributed by atoms with E-state index in [0.29, 0.717) is 23.1 Å². The molecule has 1 aromatic carbocycles. The summed E-state index contributed by atoms with van der Waals surface area (Å²) in [6.45, 7) is 2.07. The topological polar surface area (TPSA) is 89.2 Å². The number of unbranched alkanes of at least 4 members (excludes halogenated alkanes) is 1. The normalized spacial score (nSPS) is 13.8. The predicted molar refractivity (Wildman–Crippen MR) is 126 cm³/mol. The molecule has 3 aromatic heterocycles. The number of hydrogen-bond donors (Lipinski definition) is 1. The van der Waals surface area contributed by atoms with E-state index in [-0.39, 0.29) is 11.5 Å². The molecular weight excluding hydrogens is 450 g/mol. The molecule has 0 unspecified atom stereocenters. The highest BCUT2D eigenvalue weighted by atomic mass is 32.2. The number of benzene rings is 1. The van der Waals surface area contributed by atoms with Crippen LogP contribution in [0.15, 0.2) is 33.4 Å². The van der Waals surface area contributed by atoms with Gasteiger partial charge >= 0.3 is 0 Å². The first-order valence-corrected chi connectivity index (χ1v) is 12.9. The third-order valence-electron chi connectivity index (χ3n) is 4.99. The zero-order chi connectivity index (χ0) is 21.4. The van der Waals surface area contributed by atoms with Crippen LogP contribution in [0.2, 0.25) is 0 Å². The first-order chi connectivity index (χ1) is 15.1. The molecule has 1 amide bonds. The van der Waals surface area contributed by atoms with Gasteiger partial charge in [0, 0.05) is 29.8 Å². The number of rotatable bonds is 8. The maximum absolute atomic E-state index is 12.4. The number of aromatic nitrogens is 4. The number of carbonyl (C=O) groups is 1. The minimum absolute atomic E-state index is 0.0426. The Morgan fingerprint density at radius 1 is 1.26 bits per heavy atom. The summed E-state index contributed by atoms with van der Waals surface area (Å²) >= 11 is 4.66. The van der Waals surface area contributed by atoms with Crippen molar-refractivity contribution in [1.29, 1.82) is 0 Å². The van der Waals surface area contributed by atoms with Gasteiger partial charge in [-0.25, -0.2) is 9.97 Å². The van der Waals surface area contributed by atoms with Crippen LogP contribution in [-0.4, -0.2) is 25.5 Å². The van der Waals surface area contributed by atoms with Crippen LogP contribution in [-0.2, 0) is 10.5 Å². The molecule has 31 heavy (non-hydrogen) atoms. The largest absolute Gasteiger partial charge is 0.326 e. The van der Waals surface area contributed by atoms with Crippen LogP contribution in [0.3, 0.4) is 0 Å². The van der Waals surface area contributed by atoms with E-state index < -0.39 is 0 Å². The smallest absolute Gasteiger partial charge is 0.275 e. The standard InChI is InChI=1S/C21H21N5O2S3/c1-2-3-4-17(27)22-13-7-8-15-16(9-13)30-21(24-15)29-11-14-10-18(28)26-20(23-14)31-19(25-26)12-5-6-12/h7-10,12H,2-6,11H2,1H3,(H,22,27). The zero-order valence-electron chi connectivity index (χ0n) is 17.0. The van der Waals surface area contributed by atoms with Gasteiger partial charge in [-0.05, 0) is 37.5 Å². The minimum Gasteiger partial charge on any atom is -0.326 e. The first kappa shape index (κ1) is 20.6. The second-order valence-corrected chi connectivity index (χ2v) is 10.8. The van der Waals surface area contributed by atoms with Gasteiger partial charge in [0.05, 0.1) is 15.9 Å². The van der Waals surface area contributed by atoms with Crippen LogP contribution in [0.4, 0.5) is 5.69 Å². The Morgan fingerprint density at radius 3 is 2.94 bits per heavy atom. The Bertz CT molecular complexity index is 1320. The summed E-state index contributed by atoms with van der Waals surface area (Å²) < 4.78 is 3.35. The lowest BCUT2D eigenvalue weighted by molar-refractivity contribution is -0.116. The Hall–Kier alpha value is -2.30. The highest BCUT2D eigenvalue weighted by Crippen LogP contribution is 2.41.